The Labute approximate surface area is 149 Å². The van der Waals surface area contributed by atoms with Crippen molar-refractivity contribution in [1.29, 1.82) is 0 Å². The van der Waals surface area contributed by atoms with Crippen molar-refractivity contribution in [2.75, 3.05) is 42.3 Å². The Morgan fingerprint density at radius 1 is 1.21 bits per heavy atom. The molecule has 0 saturated carbocycles. The Balaban J connectivity index is 1.87. The van der Waals surface area contributed by atoms with Crippen LogP contribution in [0.3, 0.4) is 0 Å². The van der Waals surface area contributed by atoms with Crippen molar-refractivity contribution in [2.45, 2.75) is 0 Å². The Morgan fingerprint density at radius 3 is 2.62 bits per heavy atom. The second kappa shape index (κ2) is 7.25. The van der Waals surface area contributed by atoms with Crippen LogP contribution in [0.5, 0.6) is 0 Å². The molecule has 0 aliphatic carbocycles. The molecular weight excluding hydrogens is 351 g/mol. The lowest BCUT2D eigenvalue weighted by atomic mass is 10.1. The summed E-state index contributed by atoms with van der Waals surface area (Å²) in [6, 6.07) is 6.57. The second-order valence-electron chi connectivity index (χ2n) is 5.30. The van der Waals surface area contributed by atoms with E-state index in [0.717, 1.165) is 5.69 Å². The molecule has 0 radical (unpaired) electrons. The quantitative estimate of drug-likeness (QED) is 0.815. The number of aromatic nitrogens is 1. The molecule has 0 spiro atoms. The van der Waals surface area contributed by atoms with Crippen LogP contribution >= 0.6 is 23.2 Å². The molecule has 0 bridgehead atoms. The van der Waals surface area contributed by atoms with E-state index in [-0.39, 0.29) is 5.91 Å². The lowest BCUT2D eigenvalue weighted by Crippen LogP contribution is -2.37. The topological polar surface area (TPSA) is 80.5 Å². The number of pyridine rings is 1. The Kier molecular flexibility index (Phi) is 5.08. The van der Waals surface area contributed by atoms with Crippen LogP contribution in [0.25, 0.3) is 0 Å². The number of anilines is 3. The van der Waals surface area contributed by atoms with Crippen LogP contribution in [0.15, 0.2) is 30.5 Å². The van der Waals surface area contributed by atoms with Gasteiger partial charge in [-0.25, -0.2) is 4.98 Å². The minimum atomic E-state index is -0.376. The number of morpholine rings is 1. The highest BCUT2D eigenvalue weighted by atomic mass is 35.5. The minimum absolute atomic E-state index is 0.306. The maximum Gasteiger partial charge on any atom is 0.259 e. The normalized spacial score (nSPS) is 14.5. The number of carbonyl (C=O) groups excluding carboxylic acids is 1. The lowest BCUT2D eigenvalue weighted by Gasteiger charge is -2.30. The number of amides is 1. The van der Waals surface area contributed by atoms with E-state index < -0.39 is 0 Å². The fraction of sp³-hybridized carbons (Fsp3) is 0.250. The average Bonchev–Trinajstić information content (AvgIpc) is 2.59. The molecule has 0 atom stereocenters. The molecule has 3 rings (SSSR count). The monoisotopic (exact) mass is 366 g/mol. The molecule has 1 aliphatic rings. The van der Waals surface area contributed by atoms with E-state index in [1.54, 1.807) is 24.3 Å². The highest BCUT2D eigenvalue weighted by molar-refractivity contribution is 6.32. The minimum Gasteiger partial charge on any atom is -0.396 e. The predicted molar refractivity (Wildman–Crippen MR) is 96.1 cm³/mol. The molecule has 1 amide bonds. The number of nitrogens with one attached hydrogen (secondary N) is 1. The smallest absolute Gasteiger partial charge is 0.259 e. The molecule has 6 nitrogen and oxygen atoms in total. The van der Waals surface area contributed by atoms with Gasteiger partial charge in [-0.3, -0.25) is 4.79 Å². The van der Waals surface area contributed by atoms with E-state index in [0.29, 0.717) is 53.4 Å². The summed E-state index contributed by atoms with van der Waals surface area (Å²) in [6.45, 7) is 2.62. The summed E-state index contributed by atoms with van der Waals surface area (Å²) in [5.41, 5.74) is 7.64. The standard InChI is InChI=1S/C16H16Cl2N4O2/c17-10-1-2-14(20-9-10)21-16(23)12-7-11(18)8-13(15(12)19)22-3-5-24-6-4-22/h1-2,7-9H,3-6,19H2,(H,20,21,23). The first-order valence-electron chi connectivity index (χ1n) is 7.39. The van der Waals surface area contributed by atoms with Gasteiger partial charge in [-0.1, -0.05) is 23.2 Å². The number of nitrogen functional groups attached to an aromatic ring is 1. The summed E-state index contributed by atoms with van der Waals surface area (Å²) in [5.74, 6) is 0.0102. The molecule has 8 heteroatoms. The molecule has 1 saturated heterocycles. The van der Waals surface area contributed by atoms with Gasteiger partial charge in [0.2, 0.25) is 0 Å². The number of hydrogen-bond donors (Lipinski definition) is 2. The van der Waals surface area contributed by atoms with Crippen molar-refractivity contribution in [1.82, 2.24) is 4.98 Å². The fourth-order valence-corrected chi connectivity index (χ4v) is 2.82. The Bertz CT molecular complexity index is 746. The molecule has 2 aromatic rings. The third kappa shape index (κ3) is 3.72. The van der Waals surface area contributed by atoms with Crippen molar-refractivity contribution in [3.05, 3.63) is 46.1 Å². The van der Waals surface area contributed by atoms with Gasteiger partial charge < -0.3 is 20.7 Å². The van der Waals surface area contributed by atoms with E-state index >= 15 is 0 Å². The lowest BCUT2D eigenvalue weighted by molar-refractivity contribution is 0.102. The summed E-state index contributed by atoms with van der Waals surface area (Å²) in [7, 11) is 0. The van der Waals surface area contributed by atoms with Gasteiger partial charge in [0.15, 0.2) is 0 Å². The Morgan fingerprint density at radius 2 is 1.96 bits per heavy atom. The highest BCUT2D eigenvalue weighted by Gasteiger charge is 2.20. The highest BCUT2D eigenvalue weighted by Crippen LogP contribution is 2.32. The van der Waals surface area contributed by atoms with Crippen LogP contribution in [0.4, 0.5) is 17.2 Å². The molecule has 1 aromatic heterocycles. The van der Waals surface area contributed by atoms with Gasteiger partial charge in [0.1, 0.15) is 5.82 Å². The zero-order valence-electron chi connectivity index (χ0n) is 12.8. The maximum absolute atomic E-state index is 12.5. The summed E-state index contributed by atoms with van der Waals surface area (Å²) in [6.07, 6.45) is 1.46. The number of hydrogen-bond acceptors (Lipinski definition) is 5. The van der Waals surface area contributed by atoms with Gasteiger partial charge in [0.25, 0.3) is 5.91 Å². The van der Waals surface area contributed by atoms with Gasteiger partial charge in [-0.15, -0.1) is 0 Å². The van der Waals surface area contributed by atoms with E-state index in [1.807, 2.05) is 0 Å². The molecule has 24 heavy (non-hydrogen) atoms. The summed E-state index contributed by atoms with van der Waals surface area (Å²) in [5, 5.41) is 3.63. The summed E-state index contributed by atoms with van der Waals surface area (Å²) >= 11 is 12.0. The van der Waals surface area contributed by atoms with Crippen molar-refractivity contribution >= 4 is 46.3 Å². The molecule has 0 unspecified atom stereocenters. The van der Waals surface area contributed by atoms with Crippen molar-refractivity contribution in [2.24, 2.45) is 0 Å². The average molecular weight is 367 g/mol. The third-order valence-electron chi connectivity index (χ3n) is 3.69. The van der Waals surface area contributed by atoms with E-state index in [9.17, 15) is 4.79 Å². The third-order valence-corrected chi connectivity index (χ3v) is 4.13. The van der Waals surface area contributed by atoms with E-state index in [2.05, 4.69) is 15.2 Å². The maximum atomic E-state index is 12.5. The number of nitrogens with two attached hydrogens (primary N) is 1. The number of benzene rings is 1. The van der Waals surface area contributed by atoms with Crippen LogP contribution in [0.2, 0.25) is 10.0 Å². The van der Waals surface area contributed by atoms with Gasteiger partial charge in [0.05, 0.1) is 35.2 Å². The number of halogens is 2. The number of ether oxygens (including phenoxy) is 1. The van der Waals surface area contributed by atoms with Crippen LogP contribution in [-0.2, 0) is 4.74 Å². The van der Waals surface area contributed by atoms with E-state index in [4.69, 9.17) is 33.7 Å². The molecule has 1 aromatic carbocycles. The number of rotatable bonds is 3. The molecule has 1 fully saturated rings. The van der Waals surface area contributed by atoms with Crippen molar-refractivity contribution < 1.29 is 9.53 Å². The first kappa shape index (κ1) is 16.8. The molecule has 2 heterocycles. The van der Waals surface area contributed by atoms with Crippen LogP contribution in [0.1, 0.15) is 10.4 Å². The fourth-order valence-electron chi connectivity index (χ4n) is 2.49. The van der Waals surface area contributed by atoms with Crippen LogP contribution in [-0.4, -0.2) is 37.2 Å². The first-order valence-corrected chi connectivity index (χ1v) is 8.15. The van der Waals surface area contributed by atoms with E-state index in [1.165, 1.54) is 6.20 Å². The van der Waals surface area contributed by atoms with Crippen LogP contribution in [0, 0.1) is 0 Å². The molecular formula is C16H16Cl2N4O2. The van der Waals surface area contributed by atoms with Gasteiger partial charge in [-0.2, -0.15) is 0 Å². The molecule has 3 N–H and O–H groups in total. The predicted octanol–water partition coefficient (Wildman–Crippen LogP) is 3.06. The number of nitrogens with zero attached hydrogens (tertiary/aromatic N) is 2. The van der Waals surface area contributed by atoms with Crippen molar-refractivity contribution in [3.8, 4) is 0 Å². The molecule has 126 valence electrons. The SMILES string of the molecule is Nc1c(C(=O)Nc2ccc(Cl)cn2)cc(Cl)cc1N1CCOCC1. The summed E-state index contributed by atoms with van der Waals surface area (Å²) in [4.78, 5) is 18.6. The summed E-state index contributed by atoms with van der Waals surface area (Å²) < 4.78 is 5.34. The zero-order valence-corrected chi connectivity index (χ0v) is 14.3. The largest absolute Gasteiger partial charge is 0.396 e. The van der Waals surface area contributed by atoms with Gasteiger partial charge in [-0.05, 0) is 24.3 Å². The number of carbonyl (C=O) groups is 1. The van der Waals surface area contributed by atoms with Gasteiger partial charge in [0, 0.05) is 24.3 Å². The molecule has 1 aliphatic heterocycles. The van der Waals surface area contributed by atoms with Crippen LogP contribution < -0.4 is 16.0 Å². The second-order valence-corrected chi connectivity index (χ2v) is 6.17. The van der Waals surface area contributed by atoms with Gasteiger partial charge >= 0.3 is 0 Å². The van der Waals surface area contributed by atoms with Crippen molar-refractivity contribution in [3.63, 3.8) is 0 Å². The zero-order chi connectivity index (χ0) is 17.1. The first-order chi connectivity index (χ1) is 11.5. The Hall–Kier alpha value is -2.02.